The van der Waals surface area contributed by atoms with Crippen molar-refractivity contribution in [2.24, 2.45) is 0 Å². The van der Waals surface area contributed by atoms with E-state index < -0.39 is 12.0 Å². The molecule has 0 radical (unpaired) electrons. The largest absolute Gasteiger partial charge is 0.489 e. The van der Waals surface area contributed by atoms with Crippen molar-refractivity contribution in [1.29, 1.82) is 0 Å². The second-order valence-electron chi connectivity index (χ2n) is 7.67. The third-order valence-corrected chi connectivity index (χ3v) is 6.06. The lowest BCUT2D eigenvalue weighted by Gasteiger charge is -2.16. The van der Waals surface area contributed by atoms with Gasteiger partial charge in [-0.2, -0.15) is 0 Å². The second-order valence-corrected chi connectivity index (χ2v) is 8.45. The first kappa shape index (κ1) is 23.8. The maximum absolute atomic E-state index is 12.6. The molecular formula is C25H20Cl2N2O5. The molecule has 0 bridgehead atoms. The van der Waals surface area contributed by atoms with Gasteiger partial charge >= 0.3 is 0 Å². The Hall–Kier alpha value is -3.39. The Morgan fingerprint density at radius 2 is 1.65 bits per heavy atom. The van der Waals surface area contributed by atoms with Gasteiger partial charge in [-0.3, -0.25) is 19.3 Å². The van der Waals surface area contributed by atoms with Gasteiger partial charge in [0, 0.05) is 12.1 Å². The number of ether oxygens (including phenoxy) is 1. The molecule has 3 amide bonds. The Bertz CT molecular complexity index is 1230. The van der Waals surface area contributed by atoms with Gasteiger partial charge in [0.05, 0.1) is 22.7 Å². The molecule has 7 nitrogen and oxygen atoms in total. The number of carbonyl (C=O) groups is 3. The van der Waals surface area contributed by atoms with Gasteiger partial charge in [0.1, 0.15) is 23.5 Å². The van der Waals surface area contributed by atoms with Crippen molar-refractivity contribution in [2.75, 3.05) is 13.2 Å². The smallest absolute Gasteiger partial charge is 0.261 e. The highest BCUT2D eigenvalue weighted by molar-refractivity contribution is 6.42. The van der Waals surface area contributed by atoms with E-state index in [4.69, 9.17) is 27.9 Å². The van der Waals surface area contributed by atoms with Crippen molar-refractivity contribution in [1.82, 2.24) is 10.2 Å². The van der Waals surface area contributed by atoms with E-state index >= 15 is 0 Å². The van der Waals surface area contributed by atoms with Gasteiger partial charge < -0.3 is 15.2 Å². The Morgan fingerprint density at radius 3 is 2.35 bits per heavy atom. The van der Waals surface area contributed by atoms with Crippen molar-refractivity contribution < 1.29 is 24.2 Å². The van der Waals surface area contributed by atoms with Gasteiger partial charge in [-0.25, -0.2) is 0 Å². The molecular weight excluding hydrogens is 479 g/mol. The fourth-order valence-electron chi connectivity index (χ4n) is 3.53. The van der Waals surface area contributed by atoms with Crippen molar-refractivity contribution >= 4 is 40.9 Å². The minimum absolute atomic E-state index is 0.0460. The molecule has 0 spiro atoms. The number of aliphatic hydroxyl groups is 1. The average Bonchev–Trinajstić information content (AvgIpc) is 3.08. The van der Waals surface area contributed by atoms with Crippen LogP contribution < -0.4 is 10.1 Å². The van der Waals surface area contributed by atoms with Gasteiger partial charge in [0.15, 0.2) is 0 Å². The Labute approximate surface area is 205 Å². The van der Waals surface area contributed by atoms with Crippen LogP contribution in [0, 0.1) is 0 Å². The highest BCUT2D eigenvalue weighted by Crippen LogP contribution is 2.31. The molecule has 9 heteroatoms. The number of nitrogens with one attached hydrogen (secondary N) is 1. The number of aliphatic hydroxyl groups excluding tert-OH is 1. The lowest BCUT2D eigenvalue weighted by atomic mass is 10.1. The summed E-state index contributed by atoms with van der Waals surface area (Å²) < 4.78 is 5.47. The highest BCUT2D eigenvalue weighted by Gasteiger charge is 2.35. The molecule has 174 valence electrons. The first-order chi connectivity index (χ1) is 16.3. The lowest BCUT2D eigenvalue weighted by molar-refractivity contribution is 0.0642. The van der Waals surface area contributed by atoms with Crippen LogP contribution in [-0.4, -0.2) is 47.0 Å². The topological polar surface area (TPSA) is 95.9 Å². The first-order valence-electron chi connectivity index (χ1n) is 10.4. The van der Waals surface area contributed by atoms with E-state index in [9.17, 15) is 19.5 Å². The zero-order chi connectivity index (χ0) is 24.2. The zero-order valence-corrected chi connectivity index (χ0v) is 19.3. The van der Waals surface area contributed by atoms with Crippen LogP contribution in [0.1, 0.15) is 36.6 Å². The number of halogens is 2. The Morgan fingerprint density at radius 1 is 0.971 bits per heavy atom. The minimum Gasteiger partial charge on any atom is -0.489 e. The summed E-state index contributed by atoms with van der Waals surface area (Å²) in [4.78, 5) is 38.9. The molecule has 0 fully saturated rings. The van der Waals surface area contributed by atoms with Crippen LogP contribution >= 0.6 is 23.2 Å². The second kappa shape index (κ2) is 10.3. The molecule has 0 aromatic heterocycles. The van der Waals surface area contributed by atoms with E-state index in [1.165, 1.54) is 0 Å². The molecule has 0 saturated carbocycles. The number of amides is 3. The quantitative estimate of drug-likeness (QED) is 0.458. The Balaban J connectivity index is 1.33. The molecule has 34 heavy (non-hydrogen) atoms. The van der Waals surface area contributed by atoms with Crippen molar-refractivity contribution in [3.05, 3.63) is 99.0 Å². The predicted molar refractivity (Wildman–Crippen MR) is 127 cm³/mol. The Kier molecular flexibility index (Phi) is 7.17. The van der Waals surface area contributed by atoms with Gasteiger partial charge in [0.25, 0.3) is 17.7 Å². The molecule has 1 aliphatic heterocycles. The number of nitrogens with zero attached hydrogens (tertiary/aromatic N) is 1. The fourth-order valence-corrected chi connectivity index (χ4v) is 3.88. The summed E-state index contributed by atoms with van der Waals surface area (Å²) in [5, 5.41) is 13.4. The zero-order valence-electron chi connectivity index (χ0n) is 17.8. The van der Waals surface area contributed by atoms with Crippen LogP contribution in [0.5, 0.6) is 5.75 Å². The number of hydrogen-bond acceptors (Lipinski definition) is 5. The number of rotatable bonds is 8. The van der Waals surface area contributed by atoms with E-state index in [1.54, 1.807) is 66.7 Å². The van der Waals surface area contributed by atoms with Gasteiger partial charge in [-0.05, 0) is 42.0 Å². The number of hydrogen-bond donors (Lipinski definition) is 2. The molecule has 3 aromatic carbocycles. The molecule has 1 heterocycles. The number of fused-ring (bicyclic) bond motifs is 1. The van der Waals surface area contributed by atoms with Gasteiger partial charge in [-0.1, -0.05) is 53.5 Å². The van der Waals surface area contributed by atoms with Crippen LogP contribution in [0.25, 0.3) is 0 Å². The third-order valence-electron chi connectivity index (χ3n) is 5.25. The normalized spacial score (nSPS) is 13.6. The van der Waals surface area contributed by atoms with E-state index in [0.717, 1.165) is 4.90 Å². The molecule has 1 aliphatic rings. The van der Waals surface area contributed by atoms with Crippen LogP contribution in [0.2, 0.25) is 10.0 Å². The van der Waals surface area contributed by atoms with Crippen LogP contribution in [0.3, 0.4) is 0 Å². The molecule has 1 atom stereocenters. The molecule has 0 aliphatic carbocycles. The van der Waals surface area contributed by atoms with Crippen molar-refractivity contribution in [3.63, 3.8) is 0 Å². The van der Waals surface area contributed by atoms with Crippen LogP contribution in [0.4, 0.5) is 0 Å². The van der Waals surface area contributed by atoms with Crippen molar-refractivity contribution in [3.8, 4) is 5.75 Å². The predicted octanol–water partition coefficient (Wildman–Crippen LogP) is 3.96. The molecule has 3 aromatic rings. The lowest BCUT2D eigenvalue weighted by Crippen LogP contribution is -2.35. The summed E-state index contributed by atoms with van der Waals surface area (Å²) in [5.74, 6) is -0.804. The summed E-state index contributed by atoms with van der Waals surface area (Å²) >= 11 is 12.0. The van der Waals surface area contributed by atoms with Gasteiger partial charge in [0.2, 0.25) is 0 Å². The molecule has 1 unspecified atom stereocenters. The van der Waals surface area contributed by atoms with Crippen LogP contribution in [-0.2, 0) is 6.54 Å². The average molecular weight is 499 g/mol. The first-order valence-corrected chi connectivity index (χ1v) is 11.2. The monoisotopic (exact) mass is 498 g/mol. The summed E-state index contributed by atoms with van der Waals surface area (Å²) in [6.45, 7) is -0.107. The van der Waals surface area contributed by atoms with E-state index in [2.05, 4.69) is 5.32 Å². The molecule has 4 rings (SSSR count). The minimum atomic E-state index is -0.986. The maximum atomic E-state index is 12.6. The number of benzene rings is 3. The standard InChI is InChI=1S/C25H20Cl2N2O5/c26-20-9-4-10-21(22(20)27)34-14-17(30)12-28-23(31)16-6-3-5-15(11-16)13-29-24(32)18-7-1-2-8-19(18)25(29)33/h1-11,17,30H,12-14H2,(H,28,31). The summed E-state index contributed by atoms with van der Waals surface area (Å²) in [6.07, 6.45) is -0.986. The summed E-state index contributed by atoms with van der Waals surface area (Å²) in [7, 11) is 0. The third kappa shape index (κ3) is 5.07. The SMILES string of the molecule is O=C(NCC(O)COc1cccc(Cl)c1Cl)c1cccc(CN2C(=O)c3ccccc3C2=O)c1. The molecule has 2 N–H and O–H groups in total. The highest BCUT2D eigenvalue weighted by atomic mass is 35.5. The fraction of sp³-hybridized carbons (Fsp3) is 0.160. The van der Waals surface area contributed by atoms with E-state index in [-0.39, 0.29) is 36.5 Å². The van der Waals surface area contributed by atoms with Gasteiger partial charge in [-0.15, -0.1) is 0 Å². The summed E-state index contributed by atoms with van der Waals surface area (Å²) in [6, 6.07) is 18.2. The van der Waals surface area contributed by atoms with E-state index in [1.807, 2.05) is 0 Å². The number of carbonyl (C=O) groups excluding carboxylic acids is 3. The molecule has 0 saturated heterocycles. The van der Waals surface area contributed by atoms with E-state index in [0.29, 0.717) is 33.0 Å². The number of imide groups is 1. The van der Waals surface area contributed by atoms with Crippen LogP contribution in [0.15, 0.2) is 66.7 Å². The summed E-state index contributed by atoms with van der Waals surface area (Å²) in [5.41, 5.74) is 1.70. The van der Waals surface area contributed by atoms with Crippen molar-refractivity contribution in [2.45, 2.75) is 12.6 Å². The maximum Gasteiger partial charge on any atom is 0.261 e.